The lowest BCUT2D eigenvalue weighted by Crippen LogP contribution is -1.99. The Labute approximate surface area is 121 Å². The van der Waals surface area contributed by atoms with Gasteiger partial charge in [-0.3, -0.25) is 0 Å². The molecule has 2 aromatic rings. The molecule has 0 saturated carbocycles. The van der Waals surface area contributed by atoms with Crippen LogP contribution in [0.5, 0.6) is 11.5 Å². The third-order valence-electron chi connectivity index (χ3n) is 2.69. The van der Waals surface area contributed by atoms with Crippen molar-refractivity contribution in [2.24, 2.45) is 0 Å². The summed E-state index contributed by atoms with van der Waals surface area (Å²) >= 11 is 5.67. The first-order valence-corrected chi connectivity index (χ1v) is 6.17. The highest BCUT2D eigenvalue weighted by molar-refractivity contribution is 6.30. The van der Waals surface area contributed by atoms with E-state index in [9.17, 15) is 4.39 Å². The van der Waals surface area contributed by atoms with E-state index in [1.54, 1.807) is 24.3 Å². The molecule has 0 spiro atoms. The van der Waals surface area contributed by atoms with Crippen molar-refractivity contribution >= 4 is 11.6 Å². The van der Waals surface area contributed by atoms with Crippen molar-refractivity contribution in [3.05, 3.63) is 58.4 Å². The first-order chi connectivity index (χ1) is 9.65. The Kier molecular flexibility index (Phi) is 4.44. The Morgan fingerprint density at radius 1 is 1.25 bits per heavy atom. The summed E-state index contributed by atoms with van der Waals surface area (Å²) in [4.78, 5) is 0. The van der Waals surface area contributed by atoms with Crippen LogP contribution in [0.4, 0.5) is 4.39 Å². The van der Waals surface area contributed by atoms with Crippen LogP contribution in [0.2, 0.25) is 5.02 Å². The van der Waals surface area contributed by atoms with E-state index in [4.69, 9.17) is 26.3 Å². The monoisotopic (exact) mass is 291 g/mol. The zero-order valence-electron chi connectivity index (χ0n) is 10.7. The summed E-state index contributed by atoms with van der Waals surface area (Å²) in [6, 6.07) is 11.6. The number of methoxy groups -OCH3 is 1. The normalized spacial score (nSPS) is 9.90. The van der Waals surface area contributed by atoms with Crippen LogP contribution >= 0.6 is 11.6 Å². The number of halogens is 2. The molecular weight excluding hydrogens is 281 g/mol. The van der Waals surface area contributed by atoms with Crippen LogP contribution in [-0.2, 0) is 6.61 Å². The molecule has 2 rings (SSSR count). The topological polar surface area (TPSA) is 42.2 Å². The average Bonchev–Trinajstić information content (AvgIpc) is 2.48. The molecule has 0 fully saturated rings. The molecule has 0 aromatic heterocycles. The Morgan fingerprint density at radius 2 is 2.05 bits per heavy atom. The van der Waals surface area contributed by atoms with E-state index in [1.807, 2.05) is 6.07 Å². The first-order valence-electron chi connectivity index (χ1n) is 5.79. The molecule has 0 aliphatic carbocycles. The predicted molar refractivity (Wildman–Crippen MR) is 73.5 cm³/mol. The number of ether oxygens (including phenoxy) is 2. The van der Waals surface area contributed by atoms with E-state index in [0.717, 1.165) is 5.56 Å². The lowest BCUT2D eigenvalue weighted by atomic mass is 10.1. The maximum Gasteiger partial charge on any atom is 0.183 e. The fourth-order valence-electron chi connectivity index (χ4n) is 1.69. The number of nitriles is 1. The molecule has 0 amide bonds. The van der Waals surface area contributed by atoms with Gasteiger partial charge in [0.25, 0.3) is 0 Å². The number of hydrogen-bond acceptors (Lipinski definition) is 3. The van der Waals surface area contributed by atoms with Crippen LogP contribution in [-0.4, -0.2) is 7.11 Å². The average molecular weight is 292 g/mol. The molecule has 3 nitrogen and oxygen atoms in total. The molecule has 2 aromatic carbocycles. The van der Waals surface area contributed by atoms with Crippen molar-refractivity contribution in [2.75, 3.05) is 7.11 Å². The van der Waals surface area contributed by atoms with Crippen LogP contribution in [0.1, 0.15) is 11.1 Å². The summed E-state index contributed by atoms with van der Waals surface area (Å²) in [5, 5.41) is 9.00. The summed E-state index contributed by atoms with van der Waals surface area (Å²) in [7, 11) is 1.49. The second-order valence-electron chi connectivity index (χ2n) is 3.99. The largest absolute Gasteiger partial charge is 0.495 e. The predicted octanol–water partition coefficient (Wildman–Crippen LogP) is 3.94. The Hall–Kier alpha value is -2.25. The zero-order chi connectivity index (χ0) is 14.5. The summed E-state index contributed by atoms with van der Waals surface area (Å²) in [5.41, 5.74) is 1.14. The number of hydrogen-bond donors (Lipinski definition) is 0. The molecule has 0 unspecified atom stereocenters. The third kappa shape index (κ3) is 3.01. The van der Waals surface area contributed by atoms with Crippen molar-refractivity contribution in [1.29, 1.82) is 5.26 Å². The second-order valence-corrected chi connectivity index (χ2v) is 4.39. The lowest BCUT2D eigenvalue weighted by molar-refractivity contribution is 0.290. The second kappa shape index (κ2) is 6.27. The van der Waals surface area contributed by atoms with Gasteiger partial charge in [0.1, 0.15) is 18.4 Å². The van der Waals surface area contributed by atoms with Gasteiger partial charge in [-0.25, -0.2) is 4.39 Å². The zero-order valence-corrected chi connectivity index (χ0v) is 11.4. The standard InChI is InChI=1S/C15H11ClFNO2/c1-19-13-6-5-10(7-11(13)8-18)9-20-14-4-2-3-12(16)15(14)17/h2-7H,9H2,1H3. The molecule has 0 saturated heterocycles. The van der Waals surface area contributed by atoms with E-state index in [2.05, 4.69) is 0 Å². The van der Waals surface area contributed by atoms with Crippen molar-refractivity contribution < 1.29 is 13.9 Å². The summed E-state index contributed by atoms with van der Waals surface area (Å²) in [6.07, 6.45) is 0. The maximum absolute atomic E-state index is 13.6. The lowest BCUT2D eigenvalue weighted by Gasteiger charge is -2.09. The van der Waals surface area contributed by atoms with Gasteiger partial charge in [0.15, 0.2) is 11.6 Å². The minimum atomic E-state index is -0.594. The van der Waals surface area contributed by atoms with Gasteiger partial charge in [0.2, 0.25) is 0 Å². The molecular formula is C15H11ClFNO2. The number of rotatable bonds is 4. The Morgan fingerprint density at radius 3 is 2.75 bits per heavy atom. The minimum absolute atomic E-state index is 0.00921. The highest BCUT2D eigenvalue weighted by Gasteiger charge is 2.08. The smallest absolute Gasteiger partial charge is 0.183 e. The van der Waals surface area contributed by atoms with Gasteiger partial charge in [-0.1, -0.05) is 23.7 Å². The van der Waals surface area contributed by atoms with Crippen LogP contribution in [0.15, 0.2) is 36.4 Å². The van der Waals surface area contributed by atoms with E-state index in [-0.39, 0.29) is 17.4 Å². The van der Waals surface area contributed by atoms with Crippen molar-refractivity contribution in [1.82, 2.24) is 0 Å². The van der Waals surface area contributed by atoms with Gasteiger partial charge in [0, 0.05) is 0 Å². The van der Waals surface area contributed by atoms with Crippen LogP contribution in [0, 0.1) is 17.1 Å². The van der Waals surface area contributed by atoms with E-state index in [0.29, 0.717) is 11.3 Å². The van der Waals surface area contributed by atoms with Crippen LogP contribution < -0.4 is 9.47 Å². The molecule has 0 radical (unpaired) electrons. The molecule has 0 bridgehead atoms. The van der Waals surface area contributed by atoms with Gasteiger partial charge in [-0.2, -0.15) is 5.26 Å². The molecule has 102 valence electrons. The summed E-state index contributed by atoms with van der Waals surface area (Å²) in [5.74, 6) is -0.0276. The van der Waals surface area contributed by atoms with Crippen molar-refractivity contribution in [2.45, 2.75) is 6.61 Å². The van der Waals surface area contributed by atoms with Gasteiger partial charge in [0.05, 0.1) is 17.7 Å². The van der Waals surface area contributed by atoms with Crippen molar-refractivity contribution in [3.63, 3.8) is 0 Å². The van der Waals surface area contributed by atoms with Crippen LogP contribution in [0.25, 0.3) is 0 Å². The van der Waals surface area contributed by atoms with Gasteiger partial charge >= 0.3 is 0 Å². The quantitative estimate of drug-likeness (QED) is 0.857. The minimum Gasteiger partial charge on any atom is -0.495 e. The van der Waals surface area contributed by atoms with Gasteiger partial charge < -0.3 is 9.47 Å². The van der Waals surface area contributed by atoms with E-state index < -0.39 is 5.82 Å². The summed E-state index contributed by atoms with van der Waals surface area (Å²) in [6.45, 7) is 0.135. The summed E-state index contributed by atoms with van der Waals surface area (Å²) < 4.78 is 24.1. The molecule has 0 atom stereocenters. The highest BCUT2D eigenvalue weighted by atomic mass is 35.5. The number of nitrogens with zero attached hydrogens (tertiary/aromatic N) is 1. The molecule has 0 aliphatic heterocycles. The Balaban J connectivity index is 2.15. The Bertz CT molecular complexity index is 667. The fourth-order valence-corrected chi connectivity index (χ4v) is 1.85. The molecule has 5 heteroatoms. The highest BCUT2D eigenvalue weighted by Crippen LogP contribution is 2.25. The van der Waals surface area contributed by atoms with Crippen molar-refractivity contribution in [3.8, 4) is 17.6 Å². The van der Waals surface area contributed by atoms with Gasteiger partial charge in [-0.15, -0.1) is 0 Å². The fraction of sp³-hybridized carbons (Fsp3) is 0.133. The SMILES string of the molecule is COc1ccc(COc2cccc(Cl)c2F)cc1C#N. The molecule has 0 aliphatic rings. The first kappa shape index (κ1) is 14.2. The maximum atomic E-state index is 13.6. The van der Waals surface area contributed by atoms with E-state index in [1.165, 1.54) is 19.2 Å². The third-order valence-corrected chi connectivity index (χ3v) is 2.99. The molecule has 0 heterocycles. The van der Waals surface area contributed by atoms with Crippen LogP contribution in [0.3, 0.4) is 0 Å². The van der Waals surface area contributed by atoms with Gasteiger partial charge in [-0.05, 0) is 29.8 Å². The number of benzene rings is 2. The molecule has 20 heavy (non-hydrogen) atoms. The van der Waals surface area contributed by atoms with E-state index >= 15 is 0 Å². The molecule has 0 N–H and O–H groups in total.